The van der Waals surface area contributed by atoms with Gasteiger partial charge in [-0.1, -0.05) is 37.3 Å². The van der Waals surface area contributed by atoms with Crippen molar-refractivity contribution in [3.8, 4) is 0 Å². The van der Waals surface area contributed by atoms with Crippen LogP contribution >= 0.6 is 0 Å². The predicted molar refractivity (Wildman–Crippen MR) is 89.6 cm³/mol. The van der Waals surface area contributed by atoms with Gasteiger partial charge in [-0.15, -0.1) is 0 Å². The number of carboxylic acids is 1. The fourth-order valence-corrected chi connectivity index (χ4v) is 3.86. The van der Waals surface area contributed by atoms with E-state index < -0.39 is 5.97 Å². The minimum absolute atomic E-state index is 0.153. The number of rotatable bonds is 7. The van der Waals surface area contributed by atoms with Gasteiger partial charge in [0.15, 0.2) is 0 Å². The van der Waals surface area contributed by atoms with E-state index in [4.69, 9.17) is 5.11 Å². The van der Waals surface area contributed by atoms with E-state index in [2.05, 4.69) is 20.1 Å². The van der Waals surface area contributed by atoms with Gasteiger partial charge in [0.2, 0.25) is 0 Å². The molecule has 3 nitrogen and oxygen atoms in total. The number of carbonyl (C=O) groups is 2. The second kappa shape index (κ2) is 7.57. The average Bonchev–Trinajstić information content (AvgIpc) is 2.44. The van der Waals surface area contributed by atoms with Gasteiger partial charge >= 0.3 is 5.97 Å². The van der Waals surface area contributed by atoms with Crippen molar-refractivity contribution in [2.24, 2.45) is 17.3 Å². The molecule has 122 valence electrons. The number of hydrogen-bond donors (Lipinski definition) is 1. The van der Waals surface area contributed by atoms with Gasteiger partial charge in [-0.05, 0) is 62.4 Å². The summed E-state index contributed by atoms with van der Waals surface area (Å²) in [6.07, 6.45) is 6.23. The SMILES string of the molecule is C=C(C)[C@@H]1CCC(=C)[C@H](C/C=C(\C)C=O)[C@@]1(C)CCC(=O)O. The van der Waals surface area contributed by atoms with Crippen molar-refractivity contribution in [1.29, 1.82) is 0 Å². The lowest BCUT2D eigenvalue weighted by atomic mass is 9.55. The van der Waals surface area contributed by atoms with E-state index in [0.29, 0.717) is 17.9 Å². The minimum Gasteiger partial charge on any atom is -0.481 e. The lowest BCUT2D eigenvalue weighted by Gasteiger charge is -2.49. The molecule has 1 N–H and O–H groups in total. The van der Waals surface area contributed by atoms with Gasteiger partial charge in [0.05, 0.1) is 0 Å². The Hall–Kier alpha value is -1.64. The molecule has 3 atom stereocenters. The number of carbonyl (C=O) groups excluding carboxylic acids is 1. The van der Waals surface area contributed by atoms with Gasteiger partial charge in [0.25, 0.3) is 0 Å². The molecule has 0 aromatic rings. The van der Waals surface area contributed by atoms with Gasteiger partial charge in [0, 0.05) is 6.42 Å². The number of aliphatic carboxylic acids is 1. The van der Waals surface area contributed by atoms with Gasteiger partial charge < -0.3 is 5.11 Å². The van der Waals surface area contributed by atoms with Crippen LogP contribution in [0.2, 0.25) is 0 Å². The smallest absolute Gasteiger partial charge is 0.303 e. The molecule has 0 unspecified atom stereocenters. The third-order valence-electron chi connectivity index (χ3n) is 5.17. The third-order valence-corrected chi connectivity index (χ3v) is 5.17. The van der Waals surface area contributed by atoms with Crippen LogP contribution in [0.1, 0.15) is 52.9 Å². The average molecular weight is 304 g/mol. The maximum atomic E-state index is 11.1. The molecule has 22 heavy (non-hydrogen) atoms. The lowest BCUT2D eigenvalue weighted by Crippen LogP contribution is -2.41. The maximum Gasteiger partial charge on any atom is 0.303 e. The Balaban J connectivity index is 3.13. The first-order chi connectivity index (χ1) is 10.2. The van der Waals surface area contributed by atoms with E-state index in [1.165, 1.54) is 5.57 Å². The summed E-state index contributed by atoms with van der Waals surface area (Å²) in [6.45, 7) is 14.3. The van der Waals surface area contributed by atoms with Crippen molar-refractivity contribution < 1.29 is 14.7 Å². The zero-order valence-electron chi connectivity index (χ0n) is 14.0. The van der Waals surface area contributed by atoms with E-state index in [1.54, 1.807) is 6.92 Å². The fraction of sp³-hybridized carbons (Fsp3) is 0.579. The highest BCUT2D eigenvalue weighted by Crippen LogP contribution is 2.54. The molecule has 0 radical (unpaired) electrons. The van der Waals surface area contributed by atoms with Gasteiger partial charge in [-0.2, -0.15) is 0 Å². The number of allylic oxidation sites excluding steroid dienone is 4. The highest BCUT2D eigenvalue weighted by molar-refractivity contribution is 5.72. The first kappa shape index (κ1) is 18.4. The van der Waals surface area contributed by atoms with Crippen molar-refractivity contribution in [3.05, 3.63) is 36.0 Å². The monoisotopic (exact) mass is 304 g/mol. The summed E-state index contributed by atoms with van der Waals surface area (Å²) in [4.78, 5) is 21.9. The molecule has 0 aromatic heterocycles. The van der Waals surface area contributed by atoms with Crippen LogP contribution in [0, 0.1) is 17.3 Å². The van der Waals surface area contributed by atoms with E-state index in [9.17, 15) is 9.59 Å². The van der Waals surface area contributed by atoms with E-state index >= 15 is 0 Å². The van der Waals surface area contributed by atoms with Crippen molar-refractivity contribution in [2.75, 3.05) is 0 Å². The molecule has 1 rings (SSSR count). The molecule has 0 aromatic carbocycles. The topological polar surface area (TPSA) is 54.4 Å². The Morgan fingerprint density at radius 3 is 2.59 bits per heavy atom. The van der Waals surface area contributed by atoms with Gasteiger partial charge in [-0.25, -0.2) is 0 Å². The largest absolute Gasteiger partial charge is 0.481 e. The lowest BCUT2D eigenvalue weighted by molar-refractivity contribution is -0.138. The maximum absolute atomic E-state index is 11.1. The quantitative estimate of drug-likeness (QED) is 0.426. The summed E-state index contributed by atoms with van der Waals surface area (Å²) in [6, 6.07) is 0. The van der Waals surface area contributed by atoms with Crippen LogP contribution in [0.25, 0.3) is 0 Å². The highest BCUT2D eigenvalue weighted by Gasteiger charge is 2.45. The Morgan fingerprint density at radius 2 is 2.09 bits per heavy atom. The van der Waals surface area contributed by atoms with Crippen molar-refractivity contribution in [1.82, 2.24) is 0 Å². The van der Waals surface area contributed by atoms with Crippen LogP contribution in [-0.4, -0.2) is 17.4 Å². The second-order valence-electron chi connectivity index (χ2n) is 6.85. The summed E-state index contributed by atoms with van der Waals surface area (Å²) in [7, 11) is 0. The Bertz CT molecular complexity index is 501. The Morgan fingerprint density at radius 1 is 1.45 bits per heavy atom. The van der Waals surface area contributed by atoms with Gasteiger partial charge in [0.1, 0.15) is 6.29 Å². The summed E-state index contributed by atoms with van der Waals surface area (Å²) in [5, 5.41) is 9.09. The van der Waals surface area contributed by atoms with Crippen molar-refractivity contribution in [2.45, 2.75) is 52.9 Å². The summed E-state index contributed by atoms with van der Waals surface area (Å²) < 4.78 is 0. The number of carboxylic acid groups (broad SMARTS) is 1. The molecular weight excluding hydrogens is 276 g/mol. The molecule has 1 aliphatic rings. The summed E-state index contributed by atoms with van der Waals surface area (Å²) >= 11 is 0. The van der Waals surface area contributed by atoms with Crippen LogP contribution in [0.15, 0.2) is 36.0 Å². The number of hydrogen-bond acceptors (Lipinski definition) is 2. The van der Waals surface area contributed by atoms with Gasteiger partial charge in [-0.3, -0.25) is 9.59 Å². The zero-order valence-corrected chi connectivity index (χ0v) is 14.0. The molecule has 0 aliphatic heterocycles. The first-order valence-corrected chi connectivity index (χ1v) is 7.89. The number of aldehydes is 1. The Labute approximate surface area is 133 Å². The van der Waals surface area contributed by atoms with E-state index in [-0.39, 0.29) is 17.8 Å². The standard InChI is InChI=1S/C19H28O3/c1-13(2)16-9-7-15(4)17(8-6-14(3)12-20)19(16,5)11-10-18(21)22/h6,12,16-17H,1,4,7-11H2,2-3,5H3,(H,21,22)/b14-6+/t16-,17-,19-/m0/s1. The van der Waals surface area contributed by atoms with Crippen LogP contribution in [0.4, 0.5) is 0 Å². The molecule has 0 bridgehead atoms. The summed E-state index contributed by atoms with van der Waals surface area (Å²) in [5.74, 6) is -0.277. The first-order valence-electron chi connectivity index (χ1n) is 7.89. The van der Waals surface area contributed by atoms with Crippen LogP contribution < -0.4 is 0 Å². The molecule has 0 amide bonds. The molecule has 0 heterocycles. The van der Waals surface area contributed by atoms with E-state index in [1.807, 2.05) is 13.0 Å². The predicted octanol–water partition coefficient (Wildman–Crippen LogP) is 4.55. The van der Waals surface area contributed by atoms with Crippen molar-refractivity contribution in [3.63, 3.8) is 0 Å². The van der Waals surface area contributed by atoms with Crippen LogP contribution in [0.3, 0.4) is 0 Å². The Kier molecular flexibility index (Phi) is 6.34. The van der Waals surface area contributed by atoms with Crippen molar-refractivity contribution >= 4 is 12.3 Å². The molecular formula is C19H28O3. The third kappa shape index (κ3) is 4.19. The second-order valence-corrected chi connectivity index (χ2v) is 6.85. The normalized spacial score (nSPS) is 29.2. The molecule has 1 aliphatic carbocycles. The fourth-order valence-electron chi connectivity index (χ4n) is 3.86. The highest BCUT2D eigenvalue weighted by atomic mass is 16.4. The van der Waals surface area contributed by atoms with Crippen LogP contribution in [0.5, 0.6) is 0 Å². The summed E-state index contributed by atoms with van der Waals surface area (Å²) in [5.41, 5.74) is 2.83. The van der Waals surface area contributed by atoms with Crippen LogP contribution in [-0.2, 0) is 9.59 Å². The molecule has 3 heteroatoms. The molecule has 1 fully saturated rings. The van der Waals surface area contributed by atoms with E-state index in [0.717, 1.165) is 31.1 Å². The minimum atomic E-state index is -0.767. The molecule has 0 saturated heterocycles. The molecule has 0 spiro atoms. The molecule has 1 saturated carbocycles. The zero-order chi connectivity index (χ0) is 16.9.